The molecule has 0 aromatic rings. The van der Waals surface area contributed by atoms with Crippen LogP contribution >= 0.6 is 26.2 Å². The van der Waals surface area contributed by atoms with Crippen molar-refractivity contribution < 1.29 is 0 Å². The number of hydrogen-bond donors (Lipinski definition) is 0. The number of halogens is 1. The van der Waals surface area contributed by atoms with E-state index >= 15 is 0 Å². The van der Waals surface area contributed by atoms with E-state index in [2.05, 4.69) is 16.2 Å². The normalized spacial score (nSPS) is 9.00. The Morgan fingerprint density at radius 2 is 1.40 bits per heavy atom. The highest BCUT2D eigenvalue weighted by Crippen LogP contribution is 2.05. The SMILES string of the molecule is Br.CCCCCCCCP. The maximum Gasteiger partial charge on any atom is -0.0381 e. The second-order valence-corrected chi connectivity index (χ2v) is 3.13. The van der Waals surface area contributed by atoms with Crippen LogP contribution in [0.2, 0.25) is 0 Å². The summed E-state index contributed by atoms with van der Waals surface area (Å²) in [7, 11) is 2.78. The average molecular weight is 227 g/mol. The Kier molecular flexibility index (Phi) is 17.0. The minimum Gasteiger partial charge on any atom is -0.138 e. The summed E-state index contributed by atoms with van der Waals surface area (Å²) < 4.78 is 0. The molecule has 0 saturated carbocycles. The van der Waals surface area contributed by atoms with Gasteiger partial charge in [-0.05, 0) is 12.6 Å². The Bertz CT molecular complexity index is 42.5. The standard InChI is InChI=1S/C8H19P.BrH/c1-2-3-4-5-6-7-8-9;/h2-9H2,1H3;1H. The lowest BCUT2D eigenvalue weighted by molar-refractivity contribution is 0.627. The Morgan fingerprint density at radius 3 is 1.90 bits per heavy atom. The zero-order valence-electron chi connectivity index (χ0n) is 6.94. The summed E-state index contributed by atoms with van der Waals surface area (Å²) in [6.07, 6.45) is 9.80. The molecule has 0 spiro atoms. The molecule has 1 unspecified atom stereocenters. The molecule has 0 aromatic heterocycles. The molecule has 1 atom stereocenters. The first kappa shape index (κ1) is 13.5. The zero-order valence-corrected chi connectivity index (χ0v) is 9.80. The second kappa shape index (κ2) is 12.6. The van der Waals surface area contributed by atoms with E-state index in [9.17, 15) is 0 Å². The fraction of sp³-hybridized carbons (Fsp3) is 1.00. The van der Waals surface area contributed by atoms with E-state index in [0.717, 1.165) is 0 Å². The van der Waals surface area contributed by atoms with E-state index in [1.54, 1.807) is 0 Å². The Balaban J connectivity index is 0. The van der Waals surface area contributed by atoms with Gasteiger partial charge in [0, 0.05) is 0 Å². The van der Waals surface area contributed by atoms with Crippen molar-refractivity contribution in [1.29, 1.82) is 0 Å². The highest BCUT2D eigenvalue weighted by atomic mass is 79.9. The van der Waals surface area contributed by atoms with Crippen LogP contribution in [0.5, 0.6) is 0 Å². The fourth-order valence-corrected chi connectivity index (χ4v) is 1.21. The largest absolute Gasteiger partial charge is 0.138 e. The lowest BCUT2D eigenvalue weighted by Gasteiger charge is -1.96. The first-order chi connectivity index (χ1) is 4.41. The van der Waals surface area contributed by atoms with Gasteiger partial charge in [0.15, 0.2) is 0 Å². The Hall–Kier alpha value is 0.910. The zero-order chi connectivity index (χ0) is 6.95. The first-order valence-corrected chi connectivity index (χ1v) is 4.93. The molecule has 2 heteroatoms. The molecule has 0 amide bonds. The minimum absolute atomic E-state index is 0. The molecule has 0 saturated heterocycles. The molecule has 0 radical (unpaired) electrons. The lowest BCUT2D eigenvalue weighted by Crippen LogP contribution is -1.78. The summed E-state index contributed by atoms with van der Waals surface area (Å²) in [6, 6.07) is 0. The number of hydrogen-bond acceptors (Lipinski definition) is 0. The highest BCUT2D eigenvalue weighted by molar-refractivity contribution is 8.93. The predicted molar refractivity (Wildman–Crippen MR) is 58.3 cm³/mol. The summed E-state index contributed by atoms with van der Waals surface area (Å²) in [5.74, 6) is 0. The summed E-state index contributed by atoms with van der Waals surface area (Å²) >= 11 is 0. The van der Waals surface area contributed by atoms with Crippen LogP contribution in [0.4, 0.5) is 0 Å². The van der Waals surface area contributed by atoms with Crippen molar-refractivity contribution >= 4 is 26.2 Å². The van der Waals surface area contributed by atoms with Gasteiger partial charge >= 0.3 is 0 Å². The summed E-state index contributed by atoms with van der Waals surface area (Å²) in [5.41, 5.74) is 0. The molecule has 10 heavy (non-hydrogen) atoms. The van der Waals surface area contributed by atoms with Crippen LogP contribution < -0.4 is 0 Å². The van der Waals surface area contributed by atoms with E-state index in [1.165, 1.54) is 44.7 Å². The van der Waals surface area contributed by atoms with Gasteiger partial charge in [-0.15, -0.1) is 26.2 Å². The smallest absolute Gasteiger partial charge is 0.0381 e. The topological polar surface area (TPSA) is 0 Å². The molecular formula is C8H20BrP. The van der Waals surface area contributed by atoms with E-state index in [1.807, 2.05) is 0 Å². The molecule has 64 valence electrons. The van der Waals surface area contributed by atoms with Crippen LogP contribution in [0.15, 0.2) is 0 Å². The van der Waals surface area contributed by atoms with Gasteiger partial charge in [-0.1, -0.05) is 39.0 Å². The van der Waals surface area contributed by atoms with Gasteiger partial charge in [0.25, 0.3) is 0 Å². The van der Waals surface area contributed by atoms with Crippen molar-refractivity contribution in [3.8, 4) is 0 Å². The first-order valence-electron chi connectivity index (χ1n) is 4.12. The maximum absolute atomic E-state index is 2.78. The maximum atomic E-state index is 2.78. The van der Waals surface area contributed by atoms with Gasteiger partial charge in [0.1, 0.15) is 0 Å². The molecular weight excluding hydrogens is 207 g/mol. The van der Waals surface area contributed by atoms with Crippen molar-refractivity contribution in [2.24, 2.45) is 0 Å². The van der Waals surface area contributed by atoms with Crippen LogP contribution in [-0.4, -0.2) is 6.16 Å². The van der Waals surface area contributed by atoms with Gasteiger partial charge < -0.3 is 0 Å². The quantitative estimate of drug-likeness (QED) is 0.478. The summed E-state index contributed by atoms with van der Waals surface area (Å²) in [5, 5.41) is 0. The molecule has 0 aliphatic heterocycles. The van der Waals surface area contributed by atoms with Gasteiger partial charge in [-0.2, -0.15) is 0 Å². The van der Waals surface area contributed by atoms with Crippen molar-refractivity contribution in [3.05, 3.63) is 0 Å². The molecule has 0 aliphatic rings. The summed E-state index contributed by atoms with van der Waals surface area (Å²) in [6.45, 7) is 2.26. The second-order valence-electron chi connectivity index (χ2n) is 2.56. The van der Waals surface area contributed by atoms with E-state index in [0.29, 0.717) is 0 Å². The Labute approximate surface area is 78.1 Å². The van der Waals surface area contributed by atoms with Crippen LogP contribution in [-0.2, 0) is 0 Å². The molecule has 0 aromatic carbocycles. The molecule has 0 aliphatic carbocycles. The molecule has 0 bridgehead atoms. The van der Waals surface area contributed by atoms with E-state index in [4.69, 9.17) is 0 Å². The van der Waals surface area contributed by atoms with Crippen LogP contribution in [0.3, 0.4) is 0 Å². The third-order valence-electron chi connectivity index (χ3n) is 1.56. The number of rotatable bonds is 6. The van der Waals surface area contributed by atoms with Crippen LogP contribution in [0.25, 0.3) is 0 Å². The van der Waals surface area contributed by atoms with Gasteiger partial charge in [0.05, 0.1) is 0 Å². The number of unbranched alkanes of at least 4 members (excludes halogenated alkanes) is 5. The van der Waals surface area contributed by atoms with E-state index in [-0.39, 0.29) is 17.0 Å². The minimum atomic E-state index is 0. The van der Waals surface area contributed by atoms with Gasteiger partial charge in [-0.3, -0.25) is 0 Å². The van der Waals surface area contributed by atoms with Gasteiger partial charge in [-0.25, -0.2) is 0 Å². The molecule has 0 heterocycles. The molecule has 0 rings (SSSR count). The highest BCUT2D eigenvalue weighted by Gasteiger charge is 1.85. The molecule has 0 N–H and O–H groups in total. The fourth-order valence-electron chi connectivity index (χ4n) is 0.925. The van der Waals surface area contributed by atoms with Crippen molar-refractivity contribution in [2.45, 2.75) is 45.4 Å². The lowest BCUT2D eigenvalue weighted by atomic mass is 10.1. The third kappa shape index (κ3) is 11.7. The van der Waals surface area contributed by atoms with E-state index < -0.39 is 0 Å². The molecule has 0 nitrogen and oxygen atoms in total. The molecule has 0 fully saturated rings. The monoisotopic (exact) mass is 226 g/mol. The van der Waals surface area contributed by atoms with Crippen LogP contribution in [0.1, 0.15) is 45.4 Å². The Morgan fingerprint density at radius 1 is 0.900 bits per heavy atom. The van der Waals surface area contributed by atoms with Crippen molar-refractivity contribution in [3.63, 3.8) is 0 Å². The predicted octanol–water partition coefficient (Wildman–Crippen LogP) is 3.80. The van der Waals surface area contributed by atoms with Crippen molar-refractivity contribution in [2.75, 3.05) is 6.16 Å². The van der Waals surface area contributed by atoms with Crippen LogP contribution in [0, 0.1) is 0 Å². The summed E-state index contributed by atoms with van der Waals surface area (Å²) in [4.78, 5) is 0. The third-order valence-corrected chi connectivity index (χ3v) is 1.97. The van der Waals surface area contributed by atoms with Gasteiger partial charge in [0.2, 0.25) is 0 Å². The average Bonchev–Trinajstić information content (AvgIpc) is 1.89. The van der Waals surface area contributed by atoms with Crippen molar-refractivity contribution in [1.82, 2.24) is 0 Å².